The van der Waals surface area contributed by atoms with Gasteiger partial charge in [-0.15, -0.1) is 0 Å². The number of aliphatic hydroxyl groups excluding tert-OH is 3. The highest BCUT2D eigenvalue weighted by Crippen LogP contribution is 2.26. The molecule has 4 heteroatoms. The van der Waals surface area contributed by atoms with E-state index in [1.165, 1.54) is 5.57 Å². The van der Waals surface area contributed by atoms with E-state index in [2.05, 4.69) is 30.7 Å². The van der Waals surface area contributed by atoms with Gasteiger partial charge in [0.25, 0.3) is 0 Å². The average Bonchev–Trinajstić information content (AvgIpc) is 2.71. The average molecular weight is 379 g/mol. The summed E-state index contributed by atoms with van der Waals surface area (Å²) in [4.78, 5) is 0. The number of ether oxygens (including phenoxy) is 1. The van der Waals surface area contributed by atoms with Crippen molar-refractivity contribution in [2.75, 3.05) is 13.7 Å². The summed E-state index contributed by atoms with van der Waals surface area (Å²) in [5.74, 6) is 1.03. The van der Waals surface area contributed by atoms with E-state index in [0.717, 1.165) is 17.6 Å². The summed E-state index contributed by atoms with van der Waals surface area (Å²) in [5.41, 5.74) is 3.24. The number of rotatable bonds is 6. The summed E-state index contributed by atoms with van der Waals surface area (Å²) in [6, 6.07) is 0. The molecule has 0 heterocycles. The molecule has 0 amide bonds. The van der Waals surface area contributed by atoms with Gasteiger partial charge in [-0.1, -0.05) is 48.6 Å². The molecule has 0 bridgehead atoms. The minimum absolute atomic E-state index is 0.0368. The molecular weight excluding hydrogens is 352 g/mol. The van der Waals surface area contributed by atoms with Crippen LogP contribution in [0.15, 0.2) is 94.8 Å². The van der Waals surface area contributed by atoms with Crippen molar-refractivity contribution < 1.29 is 20.1 Å². The third-order valence-electron chi connectivity index (χ3n) is 5.06. The van der Waals surface area contributed by atoms with Gasteiger partial charge in [-0.25, -0.2) is 0 Å². The second-order valence-corrected chi connectivity index (χ2v) is 7.15. The Balaban J connectivity index is 1.60. The van der Waals surface area contributed by atoms with Gasteiger partial charge >= 0.3 is 0 Å². The lowest BCUT2D eigenvalue weighted by Gasteiger charge is -2.16. The second-order valence-electron chi connectivity index (χ2n) is 7.15. The van der Waals surface area contributed by atoms with Crippen molar-refractivity contribution in [3.8, 4) is 0 Å². The Kier molecular flexibility index (Phi) is 6.77. The fourth-order valence-electron chi connectivity index (χ4n) is 3.36. The van der Waals surface area contributed by atoms with Gasteiger partial charge in [0.05, 0.1) is 19.5 Å². The maximum atomic E-state index is 9.95. The first-order valence-corrected chi connectivity index (χ1v) is 9.55. The molecule has 0 aromatic rings. The standard InChI is InChI=1S/C24H27O4/c1-28-24-12-10-20(15-23(24)27)8-6-18-4-2-3-17(13-18)5-7-19-9-11-21(16-25)22(26)14-19/h2-3,5-10,12-14,20-21,25-27H,4,11,15-16H2,1H3/b7-5+,8-6+. The molecular formula is C24H27O4. The zero-order valence-electron chi connectivity index (χ0n) is 16.1. The Hall–Kier alpha value is -2.72. The van der Waals surface area contributed by atoms with Gasteiger partial charge in [-0.3, -0.25) is 0 Å². The smallest absolute Gasteiger partial charge is 0.155 e. The maximum absolute atomic E-state index is 9.95. The van der Waals surface area contributed by atoms with E-state index in [0.29, 0.717) is 18.6 Å². The molecule has 0 aliphatic heterocycles. The number of hydrogen-bond acceptors (Lipinski definition) is 4. The van der Waals surface area contributed by atoms with Crippen LogP contribution in [0.1, 0.15) is 19.3 Å². The molecule has 0 fully saturated rings. The van der Waals surface area contributed by atoms with Crippen molar-refractivity contribution in [3.05, 3.63) is 101 Å². The van der Waals surface area contributed by atoms with Gasteiger partial charge in [0, 0.05) is 18.3 Å². The quantitative estimate of drug-likeness (QED) is 0.612. The van der Waals surface area contributed by atoms with Crippen LogP contribution in [0.3, 0.4) is 0 Å². The Bertz CT molecular complexity index is 831. The molecule has 0 saturated carbocycles. The normalized spacial score (nSPS) is 25.6. The molecule has 3 aliphatic carbocycles. The van der Waals surface area contributed by atoms with Gasteiger partial charge in [-0.2, -0.15) is 0 Å². The van der Waals surface area contributed by atoms with Crippen molar-refractivity contribution in [1.82, 2.24) is 0 Å². The maximum Gasteiger partial charge on any atom is 0.155 e. The minimum Gasteiger partial charge on any atom is -0.512 e. The predicted octanol–water partition coefficient (Wildman–Crippen LogP) is 4.93. The topological polar surface area (TPSA) is 69.9 Å². The number of methoxy groups -OCH3 is 1. The zero-order chi connectivity index (χ0) is 19.9. The zero-order valence-corrected chi connectivity index (χ0v) is 16.1. The lowest BCUT2D eigenvalue weighted by atomic mass is 9.93. The first-order chi connectivity index (χ1) is 13.6. The van der Waals surface area contributed by atoms with E-state index < -0.39 is 0 Å². The Labute approximate surface area is 166 Å². The van der Waals surface area contributed by atoms with Crippen LogP contribution in [0.4, 0.5) is 0 Å². The summed E-state index contributed by atoms with van der Waals surface area (Å²) in [6.45, 7) is -0.0368. The Morgan fingerprint density at radius 3 is 2.68 bits per heavy atom. The Morgan fingerprint density at radius 1 is 1.14 bits per heavy atom. The SMILES string of the molecule is COC1=C(O)CC(/C=C/C2=CC(/C=C/C3=CCC(CO)C(O)=C3)=C[CH]C2)C=C1. The van der Waals surface area contributed by atoms with Crippen LogP contribution in [0.5, 0.6) is 0 Å². The third kappa shape index (κ3) is 5.17. The van der Waals surface area contributed by atoms with Gasteiger partial charge < -0.3 is 20.1 Å². The highest BCUT2D eigenvalue weighted by molar-refractivity contribution is 5.47. The molecule has 2 unspecified atom stereocenters. The van der Waals surface area contributed by atoms with E-state index in [4.69, 9.17) is 4.74 Å². The fourth-order valence-corrected chi connectivity index (χ4v) is 3.36. The molecule has 0 aromatic heterocycles. The lowest BCUT2D eigenvalue weighted by Crippen LogP contribution is -2.11. The van der Waals surface area contributed by atoms with Gasteiger partial charge in [0.1, 0.15) is 5.76 Å². The van der Waals surface area contributed by atoms with Crippen LogP contribution >= 0.6 is 0 Å². The lowest BCUT2D eigenvalue weighted by molar-refractivity contribution is 0.203. The molecule has 4 nitrogen and oxygen atoms in total. The van der Waals surface area contributed by atoms with Crippen LogP contribution in [0.25, 0.3) is 0 Å². The second kappa shape index (κ2) is 9.47. The summed E-state index contributed by atoms with van der Waals surface area (Å²) < 4.78 is 5.11. The van der Waals surface area contributed by atoms with Crippen molar-refractivity contribution in [3.63, 3.8) is 0 Å². The predicted molar refractivity (Wildman–Crippen MR) is 111 cm³/mol. The van der Waals surface area contributed by atoms with E-state index in [-0.39, 0.29) is 30.0 Å². The largest absolute Gasteiger partial charge is 0.512 e. The molecule has 28 heavy (non-hydrogen) atoms. The van der Waals surface area contributed by atoms with Crippen LogP contribution in [0, 0.1) is 18.3 Å². The van der Waals surface area contributed by atoms with Crippen LogP contribution in [0.2, 0.25) is 0 Å². The summed E-state index contributed by atoms with van der Waals surface area (Å²) in [7, 11) is 1.56. The van der Waals surface area contributed by atoms with Gasteiger partial charge in [-0.05, 0) is 48.1 Å². The van der Waals surface area contributed by atoms with E-state index in [1.807, 2.05) is 30.4 Å². The first-order valence-electron chi connectivity index (χ1n) is 9.55. The van der Waals surface area contributed by atoms with Crippen molar-refractivity contribution in [2.45, 2.75) is 19.3 Å². The highest BCUT2D eigenvalue weighted by atomic mass is 16.5. The summed E-state index contributed by atoms with van der Waals surface area (Å²) in [6.07, 6.45) is 24.2. The summed E-state index contributed by atoms with van der Waals surface area (Å²) in [5, 5.41) is 29.1. The van der Waals surface area contributed by atoms with E-state index in [1.54, 1.807) is 13.2 Å². The Morgan fingerprint density at radius 2 is 1.96 bits per heavy atom. The molecule has 2 atom stereocenters. The van der Waals surface area contributed by atoms with E-state index >= 15 is 0 Å². The van der Waals surface area contributed by atoms with E-state index in [9.17, 15) is 15.3 Å². The molecule has 0 saturated heterocycles. The van der Waals surface area contributed by atoms with Gasteiger partial charge in [0.15, 0.2) is 5.76 Å². The number of aliphatic hydroxyl groups is 3. The molecule has 3 aliphatic rings. The monoisotopic (exact) mass is 379 g/mol. The number of hydrogen-bond donors (Lipinski definition) is 3. The highest BCUT2D eigenvalue weighted by Gasteiger charge is 2.16. The fraction of sp³-hybridized carbons (Fsp3) is 0.292. The first kappa shape index (κ1) is 20.0. The van der Waals surface area contributed by atoms with Crippen molar-refractivity contribution >= 4 is 0 Å². The molecule has 3 rings (SSSR count). The minimum atomic E-state index is -0.181. The van der Waals surface area contributed by atoms with Gasteiger partial charge in [0.2, 0.25) is 0 Å². The van der Waals surface area contributed by atoms with Crippen molar-refractivity contribution in [1.29, 1.82) is 0 Å². The molecule has 0 spiro atoms. The molecule has 1 radical (unpaired) electrons. The van der Waals surface area contributed by atoms with Crippen LogP contribution < -0.4 is 0 Å². The third-order valence-corrected chi connectivity index (χ3v) is 5.06. The van der Waals surface area contributed by atoms with Crippen LogP contribution in [-0.2, 0) is 4.74 Å². The molecule has 147 valence electrons. The van der Waals surface area contributed by atoms with Crippen molar-refractivity contribution in [2.24, 2.45) is 11.8 Å². The molecule has 0 aromatic carbocycles. The summed E-state index contributed by atoms with van der Waals surface area (Å²) >= 11 is 0. The van der Waals surface area contributed by atoms with Crippen LogP contribution in [-0.4, -0.2) is 29.0 Å². The molecule has 3 N–H and O–H groups in total. The number of allylic oxidation sites excluding steroid dienone is 14.